The van der Waals surface area contributed by atoms with Crippen LogP contribution in [0, 0.1) is 6.92 Å². The van der Waals surface area contributed by atoms with Crippen molar-refractivity contribution in [1.29, 1.82) is 0 Å². The number of benzene rings is 1. The van der Waals surface area contributed by atoms with E-state index in [1.165, 1.54) is 0 Å². The average molecular weight is 338 g/mol. The average Bonchev–Trinajstić information content (AvgIpc) is 3.22. The maximum absolute atomic E-state index is 12.9. The van der Waals surface area contributed by atoms with Gasteiger partial charge in [0.05, 0.1) is 24.3 Å². The number of nitrogens with zero attached hydrogens (tertiary/aromatic N) is 6. The second-order valence-electron chi connectivity index (χ2n) is 6.71. The van der Waals surface area contributed by atoms with Gasteiger partial charge in [-0.3, -0.25) is 9.48 Å². The Bertz CT molecular complexity index is 882. The highest BCUT2D eigenvalue weighted by molar-refractivity contribution is 5.80. The minimum absolute atomic E-state index is 0.101. The van der Waals surface area contributed by atoms with Gasteiger partial charge in [0.25, 0.3) is 0 Å². The van der Waals surface area contributed by atoms with Crippen LogP contribution in [0.25, 0.3) is 11.0 Å². The van der Waals surface area contributed by atoms with E-state index < -0.39 is 0 Å². The van der Waals surface area contributed by atoms with Crippen LogP contribution in [-0.2, 0) is 17.9 Å². The molecule has 4 rings (SSSR count). The fourth-order valence-corrected chi connectivity index (χ4v) is 3.55. The van der Waals surface area contributed by atoms with Gasteiger partial charge in [-0.25, -0.2) is 4.68 Å². The normalized spacial score (nSPS) is 18.0. The molecule has 0 N–H and O–H groups in total. The van der Waals surface area contributed by atoms with Gasteiger partial charge in [0.2, 0.25) is 5.91 Å². The molecule has 0 saturated carbocycles. The van der Waals surface area contributed by atoms with E-state index in [9.17, 15) is 4.79 Å². The topological polar surface area (TPSA) is 68.8 Å². The van der Waals surface area contributed by atoms with E-state index in [4.69, 9.17) is 0 Å². The molecule has 25 heavy (non-hydrogen) atoms. The minimum Gasteiger partial charge on any atom is -0.336 e. The molecule has 1 fully saturated rings. The van der Waals surface area contributed by atoms with Crippen LogP contribution >= 0.6 is 0 Å². The van der Waals surface area contributed by atoms with E-state index in [2.05, 4.69) is 15.4 Å². The molecule has 7 heteroatoms. The van der Waals surface area contributed by atoms with E-state index in [1.54, 1.807) is 4.68 Å². The summed E-state index contributed by atoms with van der Waals surface area (Å²) in [6.07, 6.45) is 7.11. The summed E-state index contributed by atoms with van der Waals surface area (Å²) >= 11 is 0. The van der Waals surface area contributed by atoms with Gasteiger partial charge in [-0.15, -0.1) is 5.10 Å². The zero-order chi connectivity index (χ0) is 17.2. The molecule has 1 aliphatic rings. The van der Waals surface area contributed by atoms with Crippen LogP contribution in [0.4, 0.5) is 0 Å². The quantitative estimate of drug-likeness (QED) is 0.730. The molecule has 0 radical (unpaired) electrons. The molecule has 1 atom stereocenters. The summed E-state index contributed by atoms with van der Waals surface area (Å²) in [5, 5.41) is 12.7. The number of fused-ring (bicyclic) bond motifs is 1. The fourth-order valence-electron chi connectivity index (χ4n) is 3.55. The van der Waals surface area contributed by atoms with Gasteiger partial charge in [0, 0.05) is 12.7 Å². The standard InChI is InChI=1S/C18H22N6O/c1-14-10-19-22(11-14)12-15-6-4-5-9-23(15)18(25)13-24-17-8-3-2-7-16(17)20-21-24/h2-3,7-8,10-11,15H,4-6,9,12-13H2,1H3. The molecule has 3 aromatic rings. The van der Waals surface area contributed by atoms with E-state index in [-0.39, 0.29) is 18.5 Å². The largest absolute Gasteiger partial charge is 0.336 e. The number of piperidine rings is 1. The Balaban J connectivity index is 1.50. The van der Waals surface area contributed by atoms with Gasteiger partial charge in [0.1, 0.15) is 12.1 Å². The third kappa shape index (κ3) is 3.26. The maximum Gasteiger partial charge on any atom is 0.244 e. The van der Waals surface area contributed by atoms with Crippen molar-refractivity contribution >= 4 is 16.9 Å². The van der Waals surface area contributed by atoms with Crippen LogP contribution in [0.5, 0.6) is 0 Å². The van der Waals surface area contributed by atoms with Crippen LogP contribution in [0.15, 0.2) is 36.7 Å². The molecule has 7 nitrogen and oxygen atoms in total. The van der Waals surface area contributed by atoms with E-state index in [1.807, 2.05) is 53.2 Å². The molecular formula is C18H22N6O. The van der Waals surface area contributed by atoms with Crippen molar-refractivity contribution in [2.45, 2.75) is 45.3 Å². The summed E-state index contributed by atoms with van der Waals surface area (Å²) in [4.78, 5) is 14.9. The summed E-state index contributed by atoms with van der Waals surface area (Å²) in [6.45, 7) is 3.81. The first kappa shape index (κ1) is 15.8. The summed E-state index contributed by atoms with van der Waals surface area (Å²) in [6, 6.07) is 7.91. The molecule has 1 aliphatic heterocycles. The minimum atomic E-state index is 0.101. The van der Waals surface area contributed by atoms with Crippen molar-refractivity contribution < 1.29 is 4.79 Å². The predicted molar refractivity (Wildman–Crippen MR) is 93.8 cm³/mol. The number of hydrogen-bond donors (Lipinski definition) is 0. The number of amides is 1. The first-order valence-electron chi connectivity index (χ1n) is 8.77. The lowest BCUT2D eigenvalue weighted by Gasteiger charge is -2.35. The molecule has 1 saturated heterocycles. The lowest BCUT2D eigenvalue weighted by atomic mass is 10.0. The van der Waals surface area contributed by atoms with Crippen molar-refractivity contribution in [1.82, 2.24) is 29.7 Å². The fraction of sp³-hybridized carbons (Fsp3) is 0.444. The van der Waals surface area contributed by atoms with Gasteiger partial charge < -0.3 is 4.90 Å². The van der Waals surface area contributed by atoms with Gasteiger partial charge >= 0.3 is 0 Å². The Hall–Kier alpha value is -2.70. The van der Waals surface area contributed by atoms with Gasteiger partial charge in [-0.1, -0.05) is 17.3 Å². The first-order valence-corrected chi connectivity index (χ1v) is 8.77. The van der Waals surface area contributed by atoms with Crippen molar-refractivity contribution in [2.24, 2.45) is 0 Å². The number of aryl methyl sites for hydroxylation is 1. The van der Waals surface area contributed by atoms with Crippen LogP contribution in [0.1, 0.15) is 24.8 Å². The molecule has 1 amide bonds. The Labute approximate surface area is 146 Å². The molecule has 3 heterocycles. The number of carbonyl (C=O) groups is 1. The number of likely N-dealkylation sites (tertiary alicyclic amines) is 1. The Morgan fingerprint density at radius 1 is 1.28 bits per heavy atom. The monoisotopic (exact) mass is 338 g/mol. The number of carbonyl (C=O) groups excluding carboxylic acids is 1. The SMILES string of the molecule is Cc1cnn(CC2CCCCN2C(=O)Cn2nnc3ccccc32)c1. The highest BCUT2D eigenvalue weighted by Crippen LogP contribution is 2.20. The van der Waals surface area contributed by atoms with Crippen LogP contribution in [0.3, 0.4) is 0 Å². The highest BCUT2D eigenvalue weighted by Gasteiger charge is 2.27. The van der Waals surface area contributed by atoms with Crippen LogP contribution in [0.2, 0.25) is 0 Å². The third-order valence-corrected chi connectivity index (χ3v) is 4.81. The van der Waals surface area contributed by atoms with Gasteiger partial charge in [-0.2, -0.15) is 5.10 Å². The number of rotatable bonds is 4. The number of para-hydroxylation sites is 1. The molecular weight excluding hydrogens is 316 g/mol. The molecule has 1 aromatic carbocycles. The molecule has 1 unspecified atom stereocenters. The first-order chi connectivity index (χ1) is 12.2. The van der Waals surface area contributed by atoms with Crippen molar-refractivity contribution in [2.75, 3.05) is 6.54 Å². The summed E-state index contributed by atoms with van der Waals surface area (Å²) in [5.74, 6) is 0.101. The lowest BCUT2D eigenvalue weighted by Crippen LogP contribution is -2.47. The lowest BCUT2D eigenvalue weighted by molar-refractivity contribution is -0.136. The Kier molecular flexibility index (Phi) is 4.21. The zero-order valence-electron chi connectivity index (χ0n) is 14.4. The maximum atomic E-state index is 12.9. The third-order valence-electron chi connectivity index (χ3n) is 4.81. The second kappa shape index (κ2) is 6.66. The molecule has 0 bridgehead atoms. The zero-order valence-corrected chi connectivity index (χ0v) is 14.4. The Morgan fingerprint density at radius 2 is 2.16 bits per heavy atom. The van der Waals surface area contributed by atoms with E-state index >= 15 is 0 Å². The smallest absolute Gasteiger partial charge is 0.244 e. The molecule has 2 aromatic heterocycles. The second-order valence-corrected chi connectivity index (χ2v) is 6.71. The predicted octanol–water partition coefficient (Wildman–Crippen LogP) is 2.02. The number of hydrogen-bond acceptors (Lipinski definition) is 4. The van der Waals surface area contributed by atoms with Gasteiger partial charge in [-0.05, 0) is 43.9 Å². The summed E-state index contributed by atoms with van der Waals surface area (Å²) in [5.41, 5.74) is 2.85. The number of aromatic nitrogens is 5. The highest BCUT2D eigenvalue weighted by atomic mass is 16.2. The van der Waals surface area contributed by atoms with Crippen LogP contribution in [-0.4, -0.2) is 48.2 Å². The van der Waals surface area contributed by atoms with Gasteiger partial charge in [0.15, 0.2) is 0 Å². The molecule has 0 aliphatic carbocycles. The Morgan fingerprint density at radius 3 is 3.00 bits per heavy atom. The van der Waals surface area contributed by atoms with E-state index in [0.29, 0.717) is 0 Å². The summed E-state index contributed by atoms with van der Waals surface area (Å²) in [7, 11) is 0. The summed E-state index contributed by atoms with van der Waals surface area (Å²) < 4.78 is 3.64. The van der Waals surface area contributed by atoms with Crippen molar-refractivity contribution in [3.63, 3.8) is 0 Å². The molecule has 0 spiro atoms. The molecule has 130 valence electrons. The van der Waals surface area contributed by atoms with E-state index in [0.717, 1.165) is 48.9 Å². The van der Waals surface area contributed by atoms with Crippen molar-refractivity contribution in [3.05, 3.63) is 42.2 Å². The van der Waals surface area contributed by atoms with Crippen molar-refractivity contribution in [3.8, 4) is 0 Å². The van der Waals surface area contributed by atoms with Crippen LogP contribution < -0.4 is 0 Å².